The van der Waals surface area contributed by atoms with E-state index in [0.29, 0.717) is 0 Å². The van der Waals surface area contributed by atoms with Crippen LogP contribution in [-0.2, 0) is 0 Å². The Morgan fingerprint density at radius 1 is 0.762 bits per heavy atom. The molecule has 0 saturated carbocycles. The van der Waals surface area contributed by atoms with E-state index in [1.165, 1.54) is 0 Å². The van der Waals surface area contributed by atoms with E-state index in [0.717, 1.165) is 27.8 Å². The van der Waals surface area contributed by atoms with Crippen LogP contribution >= 0.6 is 0 Å². The van der Waals surface area contributed by atoms with Crippen molar-refractivity contribution in [2.45, 2.75) is 5.92 Å². The van der Waals surface area contributed by atoms with Gasteiger partial charge in [0.25, 0.3) is 0 Å². The summed E-state index contributed by atoms with van der Waals surface area (Å²) in [6.45, 7) is 0. The highest BCUT2D eigenvalue weighted by molar-refractivity contribution is 5.90. The van der Waals surface area contributed by atoms with E-state index in [9.17, 15) is 10.2 Å². The van der Waals surface area contributed by atoms with E-state index in [1.807, 2.05) is 36.4 Å². The second-order valence-corrected chi connectivity index (χ2v) is 5.39. The highest BCUT2D eigenvalue weighted by Crippen LogP contribution is 2.43. The van der Waals surface area contributed by atoms with Crippen molar-refractivity contribution in [3.8, 4) is 16.9 Å². The Bertz CT molecular complexity index is 825. The SMILES string of the molecule is OC1=CC2C=C(C=C1)c1ccc(O)cc1-c1ccccc12. The van der Waals surface area contributed by atoms with Crippen molar-refractivity contribution < 1.29 is 10.2 Å². The first-order chi connectivity index (χ1) is 10.2. The zero-order valence-corrected chi connectivity index (χ0v) is 11.3. The van der Waals surface area contributed by atoms with Crippen LogP contribution in [0.25, 0.3) is 16.7 Å². The quantitative estimate of drug-likeness (QED) is 0.739. The number of aliphatic hydroxyl groups is 1. The van der Waals surface area contributed by atoms with Crippen molar-refractivity contribution in [3.05, 3.63) is 83.7 Å². The molecule has 21 heavy (non-hydrogen) atoms. The predicted molar refractivity (Wildman–Crippen MR) is 84.1 cm³/mol. The maximum Gasteiger partial charge on any atom is 0.116 e. The lowest BCUT2D eigenvalue weighted by molar-refractivity contribution is 0.429. The van der Waals surface area contributed by atoms with Crippen LogP contribution in [0.1, 0.15) is 17.0 Å². The monoisotopic (exact) mass is 274 g/mol. The molecular weight excluding hydrogens is 260 g/mol. The lowest BCUT2D eigenvalue weighted by Gasteiger charge is -2.14. The van der Waals surface area contributed by atoms with E-state index in [1.54, 1.807) is 12.1 Å². The number of phenolic OH excluding ortho intramolecular Hbond substituents is 1. The normalized spacial score (nSPS) is 18.8. The van der Waals surface area contributed by atoms with Gasteiger partial charge in [-0.05, 0) is 52.1 Å². The standard InChI is InChI=1S/C19H14O2/c20-14-6-5-12-9-13(10-14)16-3-1-2-4-18(16)19-11-15(21)7-8-17(12)19/h1-11,13,20-21H. The first-order valence-electron chi connectivity index (χ1n) is 6.96. The molecule has 1 atom stereocenters. The smallest absolute Gasteiger partial charge is 0.116 e. The summed E-state index contributed by atoms with van der Waals surface area (Å²) in [7, 11) is 0. The van der Waals surface area contributed by atoms with Gasteiger partial charge in [0.1, 0.15) is 11.5 Å². The van der Waals surface area contributed by atoms with E-state index >= 15 is 0 Å². The van der Waals surface area contributed by atoms with Gasteiger partial charge >= 0.3 is 0 Å². The second kappa shape index (κ2) is 4.38. The van der Waals surface area contributed by atoms with E-state index in [2.05, 4.69) is 18.2 Å². The van der Waals surface area contributed by atoms with Gasteiger partial charge in [0.05, 0.1) is 0 Å². The van der Waals surface area contributed by atoms with Gasteiger partial charge in [-0.15, -0.1) is 0 Å². The Kier molecular flexibility index (Phi) is 2.51. The fraction of sp³-hybridized carbons (Fsp3) is 0.0526. The molecular formula is C19H14O2. The summed E-state index contributed by atoms with van der Waals surface area (Å²) in [6.07, 6.45) is 7.65. The Morgan fingerprint density at radius 3 is 2.52 bits per heavy atom. The molecule has 2 nitrogen and oxygen atoms in total. The van der Waals surface area contributed by atoms with Gasteiger partial charge in [-0.25, -0.2) is 0 Å². The summed E-state index contributed by atoms with van der Waals surface area (Å²) >= 11 is 0. The first kappa shape index (κ1) is 12.0. The first-order valence-corrected chi connectivity index (χ1v) is 6.96. The Hall–Kier alpha value is -2.74. The van der Waals surface area contributed by atoms with Crippen molar-refractivity contribution in [2.75, 3.05) is 0 Å². The van der Waals surface area contributed by atoms with Gasteiger partial charge in [-0.3, -0.25) is 0 Å². The molecule has 2 aromatic carbocycles. The van der Waals surface area contributed by atoms with Crippen molar-refractivity contribution >= 4 is 5.57 Å². The number of rotatable bonds is 0. The minimum absolute atomic E-state index is 0.0285. The highest BCUT2D eigenvalue weighted by atomic mass is 16.3. The summed E-state index contributed by atoms with van der Waals surface area (Å²) < 4.78 is 0. The zero-order chi connectivity index (χ0) is 14.4. The molecule has 2 N–H and O–H groups in total. The summed E-state index contributed by atoms with van der Waals surface area (Å²) in [5.41, 5.74) is 5.39. The average molecular weight is 274 g/mol. The number of benzene rings is 2. The molecule has 0 spiro atoms. The molecule has 0 fully saturated rings. The van der Waals surface area contributed by atoms with Crippen LogP contribution < -0.4 is 0 Å². The van der Waals surface area contributed by atoms with Crippen LogP contribution in [0.5, 0.6) is 5.75 Å². The Balaban J connectivity index is 2.09. The lowest BCUT2D eigenvalue weighted by Crippen LogP contribution is -1.95. The van der Waals surface area contributed by atoms with Gasteiger partial charge in [0.2, 0.25) is 0 Å². The fourth-order valence-electron chi connectivity index (χ4n) is 3.11. The third-order valence-corrected chi connectivity index (χ3v) is 4.07. The Labute approximate surface area is 123 Å². The van der Waals surface area contributed by atoms with E-state index in [4.69, 9.17) is 0 Å². The number of aromatic hydroxyl groups is 1. The number of allylic oxidation sites excluding steroid dienone is 5. The Morgan fingerprint density at radius 2 is 1.62 bits per heavy atom. The largest absolute Gasteiger partial charge is 0.508 e. The zero-order valence-electron chi connectivity index (χ0n) is 11.3. The van der Waals surface area contributed by atoms with Crippen molar-refractivity contribution in [2.24, 2.45) is 0 Å². The molecule has 0 radical (unpaired) electrons. The summed E-state index contributed by atoms with van der Waals surface area (Å²) in [4.78, 5) is 0. The van der Waals surface area contributed by atoms with Crippen LogP contribution in [0, 0.1) is 0 Å². The predicted octanol–water partition coefficient (Wildman–Crippen LogP) is 4.55. The molecule has 0 heterocycles. The maximum absolute atomic E-state index is 9.95. The summed E-state index contributed by atoms with van der Waals surface area (Å²) in [5, 5.41) is 19.8. The number of hydrogen-bond acceptors (Lipinski definition) is 2. The van der Waals surface area contributed by atoms with Crippen LogP contribution in [0.15, 0.2) is 72.5 Å². The van der Waals surface area contributed by atoms with Gasteiger partial charge in [-0.1, -0.05) is 42.5 Å². The molecule has 2 heteroatoms. The molecule has 2 bridgehead atoms. The van der Waals surface area contributed by atoms with Gasteiger partial charge < -0.3 is 10.2 Å². The molecule has 2 aliphatic carbocycles. The van der Waals surface area contributed by atoms with E-state index in [-0.39, 0.29) is 17.4 Å². The van der Waals surface area contributed by atoms with Crippen LogP contribution in [0.3, 0.4) is 0 Å². The van der Waals surface area contributed by atoms with E-state index < -0.39 is 0 Å². The highest BCUT2D eigenvalue weighted by Gasteiger charge is 2.22. The number of aliphatic hydroxyl groups excluding tert-OH is 1. The van der Waals surface area contributed by atoms with Gasteiger partial charge in [-0.2, -0.15) is 0 Å². The lowest BCUT2D eigenvalue weighted by atomic mass is 9.90. The second-order valence-electron chi connectivity index (χ2n) is 5.39. The molecule has 2 aliphatic rings. The van der Waals surface area contributed by atoms with Gasteiger partial charge in [0.15, 0.2) is 0 Å². The van der Waals surface area contributed by atoms with Crippen LogP contribution in [0.2, 0.25) is 0 Å². The summed E-state index contributed by atoms with van der Waals surface area (Å²) in [5.74, 6) is 0.574. The minimum atomic E-state index is 0.0285. The van der Waals surface area contributed by atoms with Crippen LogP contribution in [0.4, 0.5) is 0 Å². The molecule has 0 saturated heterocycles. The maximum atomic E-state index is 9.95. The molecule has 0 amide bonds. The molecule has 102 valence electrons. The minimum Gasteiger partial charge on any atom is -0.508 e. The third-order valence-electron chi connectivity index (χ3n) is 4.07. The number of hydrogen-bond donors (Lipinski definition) is 2. The van der Waals surface area contributed by atoms with Crippen molar-refractivity contribution in [3.63, 3.8) is 0 Å². The van der Waals surface area contributed by atoms with Gasteiger partial charge in [0, 0.05) is 5.92 Å². The number of phenols is 1. The van der Waals surface area contributed by atoms with Crippen LogP contribution in [-0.4, -0.2) is 10.2 Å². The topological polar surface area (TPSA) is 40.5 Å². The molecule has 0 aromatic heterocycles. The average Bonchev–Trinajstić information content (AvgIpc) is 2.75. The van der Waals surface area contributed by atoms with Crippen molar-refractivity contribution in [1.29, 1.82) is 0 Å². The third kappa shape index (κ3) is 1.88. The molecule has 0 aliphatic heterocycles. The molecule has 2 aromatic rings. The van der Waals surface area contributed by atoms with Crippen molar-refractivity contribution in [1.82, 2.24) is 0 Å². The molecule has 4 rings (SSSR count). The fourth-order valence-corrected chi connectivity index (χ4v) is 3.11. The number of fused-ring (bicyclic) bond motifs is 6. The molecule has 1 unspecified atom stereocenters. The summed E-state index contributed by atoms with van der Waals surface area (Å²) in [6, 6.07) is 13.6.